The third kappa shape index (κ3) is 3.79. The first-order chi connectivity index (χ1) is 13.7. The molecule has 0 aliphatic heterocycles. The van der Waals surface area contributed by atoms with E-state index in [4.69, 9.17) is 4.98 Å². The summed E-state index contributed by atoms with van der Waals surface area (Å²) in [5.74, 6) is -0.0635. The van der Waals surface area contributed by atoms with Crippen LogP contribution >= 0.6 is 23.1 Å². The third-order valence-corrected chi connectivity index (χ3v) is 6.23. The third-order valence-electron chi connectivity index (χ3n) is 4.39. The Kier molecular flexibility index (Phi) is 5.41. The Labute approximate surface area is 172 Å². The van der Waals surface area contributed by atoms with Crippen LogP contribution in [0.25, 0.3) is 10.2 Å². The fourth-order valence-corrected chi connectivity index (χ4v) is 4.63. The van der Waals surface area contributed by atoms with Crippen molar-refractivity contribution in [3.63, 3.8) is 0 Å². The normalized spacial score (nSPS) is 10.9. The highest BCUT2D eigenvalue weighted by Gasteiger charge is 2.24. The monoisotopic (exact) mass is 405 g/mol. The molecule has 2 aromatic heterocycles. The smallest absolute Gasteiger partial charge is 0.261 e. The number of thioether (sulfide) groups is 1. The van der Waals surface area contributed by atoms with E-state index in [2.05, 4.69) is 18.0 Å². The summed E-state index contributed by atoms with van der Waals surface area (Å²) in [7, 11) is 0. The van der Waals surface area contributed by atoms with Gasteiger partial charge in [0.25, 0.3) is 5.91 Å². The molecule has 28 heavy (non-hydrogen) atoms. The summed E-state index contributed by atoms with van der Waals surface area (Å²) in [4.78, 5) is 25.4. The van der Waals surface area contributed by atoms with Gasteiger partial charge in [0, 0.05) is 11.1 Å². The molecule has 0 atom stereocenters. The molecule has 0 radical (unpaired) electrons. The summed E-state index contributed by atoms with van der Waals surface area (Å²) >= 11 is 3.10. The number of aryl methyl sites for hydroxylation is 1. The quantitative estimate of drug-likeness (QED) is 0.407. The fraction of sp³-hybridized carbons (Fsp3) is 0.136. The number of aromatic nitrogens is 2. The number of nitrogens with zero attached hydrogens (tertiary/aromatic N) is 3. The van der Waals surface area contributed by atoms with Gasteiger partial charge in [-0.25, -0.2) is 4.98 Å². The van der Waals surface area contributed by atoms with Crippen LogP contribution in [0.1, 0.15) is 21.6 Å². The average molecular weight is 406 g/mol. The van der Waals surface area contributed by atoms with Crippen LogP contribution in [0, 0.1) is 6.92 Å². The lowest BCUT2D eigenvalue weighted by atomic mass is 10.2. The van der Waals surface area contributed by atoms with Crippen molar-refractivity contribution in [1.29, 1.82) is 0 Å². The van der Waals surface area contributed by atoms with Crippen molar-refractivity contribution in [2.45, 2.75) is 18.4 Å². The van der Waals surface area contributed by atoms with Crippen LogP contribution in [0.4, 0.5) is 5.13 Å². The molecule has 0 saturated carbocycles. The lowest BCUT2D eigenvalue weighted by molar-refractivity contribution is 0.0982. The maximum atomic E-state index is 13.5. The van der Waals surface area contributed by atoms with Gasteiger partial charge in [-0.3, -0.25) is 14.7 Å². The highest BCUT2D eigenvalue weighted by atomic mass is 32.2. The van der Waals surface area contributed by atoms with E-state index in [0.29, 0.717) is 17.2 Å². The van der Waals surface area contributed by atoms with E-state index in [-0.39, 0.29) is 5.91 Å². The van der Waals surface area contributed by atoms with Gasteiger partial charge in [0.15, 0.2) is 5.13 Å². The van der Waals surface area contributed by atoms with Crippen LogP contribution in [0.5, 0.6) is 0 Å². The molecule has 0 aliphatic carbocycles. The summed E-state index contributed by atoms with van der Waals surface area (Å²) in [5, 5.41) is 0.687. The van der Waals surface area contributed by atoms with Gasteiger partial charge in [-0.15, -0.1) is 11.8 Å². The van der Waals surface area contributed by atoms with Crippen molar-refractivity contribution in [3.8, 4) is 0 Å². The summed E-state index contributed by atoms with van der Waals surface area (Å²) < 4.78 is 1.08. The van der Waals surface area contributed by atoms with Crippen molar-refractivity contribution < 1.29 is 4.79 Å². The minimum absolute atomic E-state index is 0.0635. The first kappa shape index (κ1) is 18.7. The second kappa shape index (κ2) is 8.12. The maximum Gasteiger partial charge on any atom is 0.261 e. The molecule has 1 amide bonds. The van der Waals surface area contributed by atoms with Crippen LogP contribution in [0.3, 0.4) is 0 Å². The van der Waals surface area contributed by atoms with Gasteiger partial charge in [0.1, 0.15) is 0 Å². The molecule has 0 N–H and O–H groups in total. The molecule has 2 heterocycles. The molecule has 0 bridgehead atoms. The average Bonchev–Trinajstić information content (AvgIpc) is 3.15. The molecule has 4 aromatic rings. The largest absolute Gasteiger partial charge is 0.278 e. The number of hydrogen-bond acceptors (Lipinski definition) is 5. The van der Waals surface area contributed by atoms with Gasteiger partial charge in [0.05, 0.1) is 28.0 Å². The molecule has 0 fully saturated rings. The molecule has 0 unspecified atom stereocenters. The van der Waals surface area contributed by atoms with E-state index in [1.165, 1.54) is 16.9 Å². The Morgan fingerprint density at radius 1 is 1.11 bits per heavy atom. The second-order valence-corrected chi connectivity index (χ2v) is 8.24. The predicted octanol–water partition coefficient (Wildman–Crippen LogP) is 5.57. The van der Waals surface area contributed by atoms with Gasteiger partial charge in [0.2, 0.25) is 0 Å². The molecular formula is C22H19N3OS2. The van der Waals surface area contributed by atoms with E-state index in [1.54, 1.807) is 22.9 Å². The van der Waals surface area contributed by atoms with Crippen molar-refractivity contribution in [2.24, 2.45) is 0 Å². The highest BCUT2D eigenvalue weighted by Crippen LogP contribution is 2.32. The molecule has 4 nitrogen and oxygen atoms in total. The van der Waals surface area contributed by atoms with E-state index in [0.717, 1.165) is 20.8 Å². The number of carbonyl (C=O) groups excluding carboxylic acids is 1. The number of amides is 1. The number of hydrogen-bond donors (Lipinski definition) is 0. The molecule has 0 aliphatic rings. The van der Waals surface area contributed by atoms with Crippen molar-refractivity contribution >= 4 is 44.4 Å². The Bertz CT molecular complexity index is 1130. The summed E-state index contributed by atoms with van der Waals surface area (Å²) in [6, 6.07) is 19.6. The van der Waals surface area contributed by atoms with Crippen LogP contribution in [-0.2, 0) is 6.54 Å². The minimum Gasteiger partial charge on any atom is -0.278 e. The SMILES string of the molecule is CSc1ccccc1C(=O)N(Cc1ccccn1)c1nc2ccc(C)cc2s1. The van der Waals surface area contributed by atoms with Crippen LogP contribution < -0.4 is 4.90 Å². The van der Waals surface area contributed by atoms with Crippen molar-refractivity contribution in [3.05, 3.63) is 83.7 Å². The lowest BCUT2D eigenvalue weighted by Crippen LogP contribution is -2.31. The predicted molar refractivity (Wildman–Crippen MR) is 117 cm³/mol. The Balaban J connectivity index is 1.79. The number of thiazole rings is 1. The Hall–Kier alpha value is -2.70. The molecular weight excluding hydrogens is 386 g/mol. The van der Waals surface area contributed by atoms with E-state index >= 15 is 0 Å². The van der Waals surface area contributed by atoms with E-state index in [1.807, 2.05) is 60.9 Å². The number of rotatable bonds is 5. The number of benzene rings is 2. The zero-order valence-corrected chi connectivity index (χ0v) is 17.3. The number of carbonyl (C=O) groups is 1. The second-order valence-electron chi connectivity index (χ2n) is 6.38. The Morgan fingerprint density at radius 2 is 1.93 bits per heavy atom. The van der Waals surface area contributed by atoms with Crippen LogP contribution in [-0.4, -0.2) is 22.1 Å². The van der Waals surface area contributed by atoms with Gasteiger partial charge < -0.3 is 0 Å². The number of anilines is 1. The summed E-state index contributed by atoms with van der Waals surface area (Å²) in [5.41, 5.74) is 3.59. The van der Waals surface area contributed by atoms with Crippen LogP contribution in [0.15, 0.2) is 71.8 Å². The van der Waals surface area contributed by atoms with E-state index < -0.39 is 0 Å². The van der Waals surface area contributed by atoms with Crippen molar-refractivity contribution in [2.75, 3.05) is 11.2 Å². The van der Waals surface area contributed by atoms with Gasteiger partial charge >= 0.3 is 0 Å². The molecule has 0 saturated heterocycles. The molecule has 4 rings (SSSR count). The van der Waals surface area contributed by atoms with E-state index in [9.17, 15) is 4.79 Å². The highest BCUT2D eigenvalue weighted by molar-refractivity contribution is 7.98. The summed E-state index contributed by atoms with van der Waals surface area (Å²) in [6.07, 6.45) is 3.73. The number of pyridine rings is 1. The van der Waals surface area contributed by atoms with Gasteiger partial charge in [-0.05, 0) is 55.1 Å². The topological polar surface area (TPSA) is 46.1 Å². The maximum absolute atomic E-state index is 13.5. The van der Waals surface area contributed by atoms with Crippen molar-refractivity contribution in [1.82, 2.24) is 9.97 Å². The van der Waals surface area contributed by atoms with Crippen LogP contribution in [0.2, 0.25) is 0 Å². The zero-order valence-electron chi connectivity index (χ0n) is 15.6. The fourth-order valence-electron chi connectivity index (χ4n) is 2.98. The molecule has 140 valence electrons. The van der Waals surface area contributed by atoms with Gasteiger partial charge in [-0.1, -0.05) is 35.6 Å². The van der Waals surface area contributed by atoms with Gasteiger partial charge in [-0.2, -0.15) is 0 Å². The lowest BCUT2D eigenvalue weighted by Gasteiger charge is -2.20. The molecule has 6 heteroatoms. The molecule has 2 aromatic carbocycles. The number of fused-ring (bicyclic) bond motifs is 1. The minimum atomic E-state index is -0.0635. The first-order valence-corrected chi connectivity index (χ1v) is 10.9. The molecule has 0 spiro atoms. The standard InChI is InChI=1S/C22H19N3OS2/c1-15-10-11-18-20(13-15)28-22(24-18)25(14-16-7-5-6-12-23-16)21(26)17-8-3-4-9-19(17)27-2/h3-13H,14H2,1-2H3. The Morgan fingerprint density at radius 3 is 2.71 bits per heavy atom. The summed E-state index contributed by atoms with van der Waals surface area (Å²) in [6.45, 7) is 2.44. The zero-order chi connectivity index (χ0) is 19.5. The first-order valence-electron chi connectivity index (χ1n) is 8.87.